The van der Waals surface area contributed by atoms with Crippen LogP contribution in [0.1, 0.15) is 56.1 Å². The lowest BCUT2D eigenvalue weighted by Crippen LogP contribution is -2.50. The van der Waals surface area contributed by atoms with E-state index in [2.05, 4.69) is 21.9 Å². The number of methoxy groups -OCH3 is 2. The van der Waals surface area contributed by atoms with E-state index in [1.807, 2.05) is 0 Å². The molecule has 1 saturated heterocycles. The van der Waals surface area contributed by atoms with Gasteiger partial charge in [-0.2, -0.15) is 0 Å². The molecule has 1 aromatic carbocycles. The number of fused-ring (bicyclic) bond motifs is 1. The summed E-state index contributed by atoms with van der Waals surface area (Å²) in [6.07, 6.45) is 11.1. The van der Waals surface area contributed by atoms with Crippen molar-refractivity contribution in [3.05, 3.63) is 23.3 Å². The normalized spacial score (nSPS) is 25.2. The first-order valence-electron chi connectivity index (χ1n) is 11.0. The quantitative estimate of drug-likeness (QED) is 0.777. The third-order valence-electron chi connectivity index (χ3n) is 6.99. The molecule has 1 atom stereocenters. The van der Waals surface area contributed by atoms with Crippen LogP contribution in [-0.2, 0) is 13.0 Å². The highest BCUT2D eigenvalue weighted by molar-refractivity contribution is 5.48. The van der Waals surface area contributed by atoms with Gasteiger partial charge in [0.05, 0.1) is 14.2 Å². The van der Waals surface area contributed by atoms with E-state index in [1.165, 1.54) is 82.3 Å². The molecule has 1 unspecified atom stereocenters. The molecule has 2 fully saturated rings. The molecular formula is C23H36N2O2. The van der Waals surface area contributed by atoms with Crippen molar-refractivity contribution in [1.82, 2.24) is 9.80 Å². The van der Waals surface area contributed by atoms with E-state index in [4.69, 9.17) is 9.47 Å². The Labute approximate surface area is 164 Å². The Morgan fingerprint density at radius 3 is 2.37 bits per heavy atom. The zero-order valence-electron chi connectivity index (χ0n) is 17.2. The highest BCUT2D eigenvalue weighted by Crippen LogP contribution is 2.34. The summed E-state index contributed by atoms with van der Waals surface area (Å²) in [6, 6.07) is 5.09. The molecule has 27 heavy (non-hydrogen) atoms. The Hall–Kier alpha value is -1.26. The van der Waals surface area contributed by atoms with Crippen molar-refractivity contribution >= 4 is 0 Å². The maximum absolute atomic E-state index is 5.53. The van der Waals surface area contributed by atoms with Crippen LogP contribution in [0.15, 0.2) is 12.1 Å². The van der Waals surface area contributed by atoms with Gasteiger partial charge in [-0.15, -0.1) is 0 Å². The van der Waals surface area contributed by atoms with Crippen LogP contribution in [-0.4, -0.2) is 56.2 Å². The largest absolute Gasteiger partial charge is 0.493 e. The number of piperidine rings is 1. The molecule has 0 spiro atoms. The Bertz CT molecular complexity index is 627. The monoisotopic (exact) mass is 372 g/mol. The van der Waals surface area contributed by atoms with Crippen molar-refractivity contribution in [3.8, 4) is 11.5 Å². The molecule has 0 N–H and O–H groups in total. The average molecular weight is 373 g/mol. The molecule has 0 aromatic heterocycles. The summed E-state index contributed by atoms with van der Waals surface area (Å²) >= 11 is 0. The maximum atomic E-state index is 5.53. The number of rotatable bonds is 5. The first-order valence-corrected chi connectivity index (χ1v) is 11.0. The molecule has 1 saturated carbocycles. The van der Waals surface area contributed by atoms with Crippen LogP contribution >= 0.6 is 0 Å². The zero-order chi connectivity index (χ0) is 18.6. The van der Waals surface area contributed by atoms with Crippen molar-refractivity contribution in [2.45, 2.75) is 64.0 Å². The van der Waals surface area contributed by atoms with Gasteiger partial charge in [-0.05, 0) is 67.8 Å². The van der Waals surface area contributed by atoms with Crippen LogP contribution in [0.3, 0.4) is 0 Å². The Kier molecular flexibility index (Phi) is 6.24. The molecule has 1 aliphatic carbocycles. The van der Waals surface area contributed by atoms with Crippen LogP contribution in [0.25, 0.3) is 0 Å². The zero-order valence-corrected chi connectivity index (χ0v) is 17.2. The van der Waals surface area contributed by atoms with Gasteiger partial charge < -0.3 is 14.4 Å². The highest BCUT2D eigenvalue weighted by Gasteiger charge is 2.29. The van der Waals surface area contributed by atoms with Crippen molar-refractivity contribution < 1.29 is 9.47 Å². The second-order valence-electron chi connectivity index (χ2n) is 8.76. The first kappa shape index (κ1) is 19.1. The molecule has 2 aliphatic heterocycles. The Morgan fingerprint density at radius 2 is 1.63 bits per heavy atom. The van der Waals surface area contributed by atoms with Crippen LogP contribution in [0, 0.1) is 5.92 Å². The van der Waals surface area contributed by atoms with Crippen molar-refractivity contribution in [3.63, 3.8) is 0 Å². The standard InChI is InChI=1S/C23H36N2O2/c1-26-22-13-19-10-12-25(16-20(19)14-23(22)27-2)21-9-6-11-24(17-21)15-18-7-4-3-5-8-18/h13-14,18,21H,3-12,15-17H2,1-2H3. The van der Waals surface area contributed by atoms with E-state index in [1.54, 1.807) is 14.2 Å². The summed E-state index contributed by atoms with van der Waals surface area (Å²) in [6.45, 7) is 6.13. The number of ether oxygens (including phenoxy) is 2. The van der Waals surface area contributed by atoms with E-state index in [0.717, 1.165) is 30.4 Å². The van der Waals surface area contributed by atoms with Crippen LogP contribution in [0.2, 0.25) is 0 Å². The topological polar surface area (TPSA) is 24.9 Å². The second-order valence-corrected chi connectivity index (χ2v) is 8.76. The number of likely N-dealkylation sites (tertiary alicyclic amines) is 1. The van der Waals surface area contributed by atoms with E-state index in [-0.39, 0.29) is 0 Å². The molecule has 0 bridgehead atoms. The van der Waals surface area contributed by atoms with Gasteiger partial charge in [0.15, 0.2) is 11.5 Å². The minimum atomic E-state index is 0.712. The lowest BCUT2D eigenvalue weighted by atomic mass is 9.88. The number of nitrogens with zero attached hydrogens (tertiary/aromatic N) is 2. The lowest BCUT2D eigenvalue weighted by molar-refractivity contribution is 0.0743. The van der Waals surface area contributed by atoms with Gasteiger partial charge >= 0.3 is 0 Å². The van der Waals surface area contributed by atoms with Gasteiger partial charge in [0.25, 0.3) is 0 Å². The Morgan fingerprint density at radius 1 is 0.889 bits per heavy atom. The predicted octanol–water partition coefficient (Wildman–Crippen LogP) is 4.11. The second kappa shape index (κ2) is 8.83. The molecule has 2 heterocycles. The highest BCUT2D eigenvalue weighted by atomic mass is 16.5. The van der Waals surface area contributed by atoms with Gasteiger partial charge in [0.1, 0.15) is 0 Å². The smallest absolute Gasteiger partial charge is 0.161 e. The van der Waals surface area contributed by atoms with Gasteiger partial charge in [-0.25, -0.2) is 0 Å². The number of benzene rings is 1. The van der Waals surface area contributed by atoms with E-state index in [0.29, 0.717) is 6.04 Å². The SMILES string of the molecule is COc1cc2c(cc1OC)CN(C1CCCN(CC3CCCCC3)C1)CC2. The lowest BCUT2D eigenvalue weighted by Gasteiger charge is -2.42. The summed E-state index contributed by atoms with van der Waals surface area (Å²) < 4.78 is 11.0. The fourth-order valence-corrected chi connectivity index (χ4v) is 5.45. The number of hydrogen-bond donors (Lipinski definition) is 0. The van der Waals surface area contributed by atoms with Gasteiger partial charge in [-0.1, -0.05) is 19.3 Å². The maximum Gasteiger partial charge on any atom is 0.161 e. The molecule has 150 valence electrons. The van der Waals surface area contributed by atoms with Crippen molar-refractivity contribution in [2.24, 2.45) is 5.92 Å². The van der Waals surface area contributed by atoms with Crippen LogP contribution in [0.5, 0.6) is 11.5 Å². The molecule has 4 heteroatoms. The molecule has 4 rings (SSSR count). The van der Waals surface area contributed by atoms with Crippen LogP contribution < -0.4 is 9.47 Å². The van der Waals surface area contributed by atoms with Gasteiger partial charge in [0, 0.05) is 32.2 Å². The fraction of sp³-hybridized carbons (Fsp3) is 0.739. The van der Waals surface area contributed by atoms with Crippen molar-refractivity contribution in [2.75, 3.05) is 40.4 Å². The van der Waals surface area contributed by atoms with Crippen molar-refractivity contribution in [1.29, 1.82) is 0 Å². The summed E-state index contributed by atoms with van der Waals surface area (Å²) in [5, 5.41) is 0. The fourth-order valence-electron chi connectivity index (χ4n) is 5.45. The molecule has 1 aromatic rings. The minimum Gasteiger partial charge on any atom is -0.493 e. The summed E-state index contributed by atoms with van der Waals surface area (Å²) in [5.41, 5.74) is 2.85. The third kappa shape index (κ3) is 4.43. The Balaban J connectivity index is 1.39. The molecule has 3 aliphatic rings. The summed E-state index contributed by atoms with van der Waals surface area (Å²) in [4.78, 5) is 5.50. The van der Waals surface area contributed by atoms with E-state index in [9.17, 15) is 0 Å². The van der Waals surface area contributed by atoms with E-state index < -0.39 is 0 Å². The van der Waals surface area contributed by atoms with Gasteiger partial charge in [0.2, 0.25) is 0 Å². The first-order chi connectivity index (χ1) is 13.3. The molecule has 0 amide bonds. The molecule has 0 radical (unpaired) electrons. The molecular weight excluding hydrogens is 336 g/mol. The third-order valence-corrected chi connectivity index (χ3v) is 6.99. The molecule has 4 nitrogen and oxygen atoms in total. The van der Waals surface area contributed by atoms with Gasteiger partial charge in [-0.3, -0.25) is 4.90 Å². The summed E-state index contributed by atoms with van der Waals surface area (Å²) in [5.74, 6) is 2.68. The van der Waals surface area contributed by atoms with E-state index >= 15 is 0 Å². The predicted molar refractivity (Wildman–Crippen MR) is 110 cm³/mol. The average Bonchev–Trinajstić information content (AvgIpc) is 2.73. The number of hydrogen-bond acceptors (Lipinski definition) is 4. The summed E-state index contributed by atoms with van der Waals surface area (Å²) in [7, 11) is 3.46. The van der Waals surface area contributed by atoms with Crippen LogP contribution in [0.4, 0.5) is 0 Å². The minimum absolute atomic E-state index is 0.712.